The topological polar surface area (TPSA) is 78.3 Å². The Hall–Kier alpha value is -2.43. The van der Waals surface area contributed by atoms with Gasteiger partial charge in [-0.05, 0) is 24.6 Å². The summed E-state index contributed by atoms with van der Waals surface area (Å²) in [6, 6.07) is 5.90. The summed E-state index contributed by atoms with van der Waals surface area (Å²) in [6.45, 7) is 1.82. The molecule has 1 aromatic heterocycles. The van der Waals surface area contributed by atoms with Crippen molar-refractivity contribution in [2.75, 3.05) is 19.1 Å². The first-order valence-corrected chi connectivity index (χ1v) is 8.49. The van der Waals surface area contributed by atoms with E-state index in [9.17, 15) is 18.0 Å². The lowest BCUT2D eigenvalue weighted by Crippen LogP contribution is -2.40. The Balaban J connectivity index is 2.00. The maximum atomic E-state index is 13.1. The SMILES string of the molecule is CCOC(=O)[C@H]1Sc2nnc(C(F)(F)F)n2N[C@@H]1c1ccc(OC)cc1. The number of hydrogen-bond acceptors (Lipinski definition) is 7. The zero-order valence-electron chi connectivity index (χ0n) is 13.8. The van der Waals surface area contributed by atoms with Gasteiger partial charge in [-0.1, -0.05) is 23.9 Å². The molecule has 3 rings (SSSR count). The third kappa shape index (κ3) is 3.43. The minimum Gasteiger partial charge on any atom is -0.497 e. The number of ether oxygens (including phenoxy) is 2. The van der Waals surface area contributed by atoms with Gasteiger partial charge in [0, 0.05) is 0 Å². The van der Waals surface area contributed by atoms with Crippen molar-refractivity contribution in [3.63, 3.8) is 0 Å². The fraction of sp³-hybridized carbons (Fsp3) is 0.400. The number of esters is 1. The molecular formula is C15H15F3N4O3S. The normalized spacial score (nSPS) is 19.4. The number of hydrogen-bond donors (Lipinski definition) is 1. The largest absolute Gasteiger partial charge is 0.497 e. The zero-order valence-corrected chi connectivity index (χ0v) is 14.6. The number of carbonyl (C=O) groups excluding carboxylic acids is 1. The van der Waals surface area contributed by atoms with Crippen molar-refractivity contribution >= 4 is 17.7 Å². The van der Waals surface area contributed by atoms with Gasteiger partial charge in [-0.3, -0.25) is 4.79 Å². The van der Waals surface area contributed by atoms with E-state index in [-0.39, 0.29) is 11.8 Å². The number of nitrogens with one attached hydrogen (secondary N) is 1. The number of benzene rings is 1. The number of aromatic nitrogens is 3. The molecule has 0 amide bonds. The summed E-state index contributed by atoms with van der Waals surface area (Å²) in [5, 5.41) is 5.86. The first-order chi connectivity index (χ1) is 12.3. The highest BCUT2D eigenvalue weighted by molar-refractivity contribution is 8.00. The van der Waals surface area contributed by atoms with Crippen molar-refractivity contribution in [2.45, 2.75) is 29.5 Å². The molecule has 2 heterocycles. The average molecular weight is 388 g/mol. The molecule has 1 aliphatic heterocycles. The fourth-order valence-corrected chi connectivity index (χ4v) is 3.58. The minimum atomic E-state index is -4.68. The Morgan fingerprint density at radius 3 is 2.58 bits per heavy atom. The molecule has 0 fully saturated rings. The Labute approximate surface area is 150 Å². The number of fused-ring (bicyclic) bond motifs is 1. The van der Waals surface area contributed by atoms with Gasteiger partial charge in [-0.15, -0.1) is 10.2 Å². The summed E-state index contributed by atoms with van der Waals surface area (Å²) in [4.78, 5) is 12.3. The van der Waals surface area contributed by atoms with Gasteiger partial charge in [0.2, 0.25) is 5.16 Å². The Morgan fingerprint density at radius 1 is 1.31 bits per heavy atom. The zero-order chi connectivity index (χ0) is 18.9. The molecule has 0 bridgehead atoms. The first kappa shape index (κ1) is 18.4. The van der Waals surface area contributed by atoms with E-state index < -0.39 is 29.3 Å². The van der Waals surface area contributed by atoms with Crippen LogP contribution < -0.4 is 10.2 Å². The van der Waals surface area contributed by atoms with Gasteiger partial charge < -0.3 is 14.9 Å². The lowest BCUT2D eigenvalue weighted by Gasteiger charge is -2.32. The van der Waals surface area contributed by atoms with E-state index >= 15 is 0 Å². The smallest absolute Gasteiger partial charge is 0.453 e. The standard InChI is InChI=1S/C15H15F3N4O3S/c1-3-25-12(23)11-10(8-4-6-9(24-2)7-5-8)21-22-13(15(16,17)18)19-20-14(22)26-11/h4-7,10-11,21H,3H2,1-2H3/t10-,11+/m1/s1. The molecule has 0 unspecified atom stereocenters. The van der Waals surface area contributed by atoms with Crippen LogP contribution in [0.15, 0.2) is 29.4 Å². The van der Waals surface area contributed by atoms with Gasteiger partial charge in [0.1, 0.15) is 11.0 Å². The second-order valence-electron chi connectivity index (χ2n) is 5.31. The molecule has 1 N–H and O–H groups in total. The molecule has 0 saturated carbocycles. The van der Waals surface area contributed by atoms with Crippen molar-refractivity contribution in [1.29, 1.82) is 0 Å². The van der Waals surface area contributed by atoms with Crippen LogP contribution in [-0.2, 0) is 15.7 Å². The van der Waals surface area contributed by atoms with Crippen LogP contribution in [0.25, 0.3) is 0 Å². The molecule has 1 aliphatic rings. The van der Waals surface area contributed by atoms with Crippen LogP contribution in [0.2, 0.25) is 0 Å². The number of thioether (sulfide) groups is 1. The van der Waals surface area contributed by atoms with Crippen LogP contribution in [0.4, 0.5) is 13.2 Å². The van der Waals surface area contributed by atoms with Gasteiger partial charge in [0.15, 0.2) is 0 Å². The van der Waals surface area contributed by atoms with Gasteiger partial charge in [0.05, 0.1) is 19.8 Å². The maximum Gasteiger partial charge on any atom is 0.453 e. The number of methoxy groups -OCH3 is 1. The molecule has 140 valence electrons. The Morgan fingerprint density at radius 2 is 2.00 bits per heavy atom. The second kappa shape index (κ2) is 7.06. The molecular weight excluding hydrogens is 373 g/mol. The number of carbonyl (C=O) groups is 1. The second-order valence-corrected chi connectivity index (χ2v) is 6.42. The summed E-state index contributed by atoms with van der Waals surface area (Å²) in [7, 11) is 1.50. The summed E-state index contributed by atoms with van der Waals surface area (Å²) < 4.78 is 50.3. The third-order valence-electron chi connectivity index (χ3n) is 3.68. The average Bonchev–Trinajstić information content (AvgIpc) is 3.04. The molecule has 0 saturated heterocycles. The monoisotopic (exact) mass is 388 g/mol. The highest BCUT2D eigenvalue weighted by atomic mass is 32.2. The molecule has 26 heavy (non-hydrogen) atoms. The molecule has 2 atom stereocenters. The van der Waals surface area contributed by atoms with Crippen LogP contribution in [0.1, 0.15) is 24.4 Å². The number of rotatable bonds is 4. The lowest BCUT2D eigenvalue weighted by atomic mass is 10.0. The van der Waals surface area contributed by atoms with Crippen LogP contribution >= 0.6 is 11.8 Å². The summed E-state index contributed by atoms with van der Waals surface area (Å²) in [5.41, 5.74) is 3.31. The van der Waals surface area contributed by atoms with Crippen molar-refractivity contribution in [1.82, 2.24) is 14.9 Å². The fourth-order valence-electron chi connectivity index (χ4n) is 2.50. The highest BCUT2D eigenvalue weighted by Gasteiger charge is 2.44. The molecule has 11 heteroatoms. The van der Waals surface area contributed by atoms with E-state index in [1.54, 1.807) is 31.2 Å². The molecule has 0 radical (unpaired) electrons. The van der Waals surface area contributed by atoms with E-state index in [0.717, 1.165) is 16.4 Å². The van der Waals surface area contributed by atoms with E-state index in [2.05, 4.69) is 15.6 Å². The van der Waals surface area contributed by atoms with Crippen LogP contribution in [0.3, 0.4) is 0 Å². The third-order valence-corrected chi connectivity index (χ3v) is 4.88. The van der Waals surface area contributed by atoms with Gasteiger partial charge >= 0.3 is 12.1 Å². The molecule has 2 aromatic rings. The summed E-state index contributed by atoms with van der Waals surface area (Å²) in [6.07, 6.45) is -4.68. The predicted molar refractivity (Wildman–Crippen MR) is 86.4 cm³/mol. The van der Waals surface area contributed by atoms with Gasteiger partial charge in [-0.25, -0.2) is 4.68 Å². The molecule has 1 aromatic carbocycles. The Kier molecular flexibility index (Phi) is 4.99. The number of halogens is 3. The molecule has 0 aliphatic carbocycles. The highest BCUT2D eigenvalue weighted by Crippen LogP contribution is 2.40. The van der Waals surface area contributed by atoms with E-state index in [1.165, 1.54) is 7.11 Å². The summed E-state index contributed by atoms with van der Waals surface area (Å²) in [5.74, 6) is -1.14. The predicted octanol–water partition coefficient (Wildman–Crippen LogP) is 2.63. The van der Waals surface area contributed by atoms with Crippen LogP contribution in [0.5, 0.6) is 5.75 Å². The van der Waals surface area contributed by atoms with Crippen molar-refractivity contribution in [3.8, 4) is 5.75 Å². The maximum absolute atomic E-state index is 13.1. The van der Waals surface area contributed by atoms with Crippen molar-refractivity contribution < 1.29 is 27.4 Å². The van der Waals surface area contributed by atoms with Gasteiger partial charge in [-0.2, -0.15) is 13.2 Å². The minimum absolute atomic E-state index is 0.0554. The molecule has 0 spiro atoms. The summed E-state index contributed by atoms with van der Waals surface area (Å²) >= 11 is 0.876. The van der Waals surface area contributed by atoms with Crippen LogP contribution in [-0.4, -0.2) is 39.8 Å². The lowest BCUT2D eigenvalue weighted by molar-refractivity contribution is -0.147. The van der Waals surface area contributed by atoms with E-state index in [1.807, 2.05) is 0 Å². The van der Waals surface area contributed by atoms with E-state index in [0.29, 0.717) is 11.3 Å². The number of alkyl halides is 3. The molecule has 7 nitrogen and oxygen atoms in total. The van der Waals surface area contributed by atoms with Gasteiger partial charge in [0.25, 0.3) is 5.82 Å². The first-order valence-electron chi connectivity index (χ1n) is 7.61. The quantitative estimate of drug-likeness (QED) is 0.807. The number of nitrogens with zero attached hydrogens (tertiary/aromatic N) is 3. The van der Waals surface area contributed by atoms with Crippen molar-refractivity contribution in [2.24, 2.45) is 0 Å². The van der Waals surface area contributed by atoms with E-state index in [4.69, 9.17) is 9.47 Å². The Bertz CT molecular complexity index is 794. The van der Waals surface area contributed by atoms with Crippen LogP contribution in [0, 0.1) is 0 Å². The van der Waals surface area contributed by atoms with Crippen molar-refractivity contribution in [3.05, 3.63) is 35.7 Å².